The van der Waals surface area contributed by atoms with Crippen LogP contribution in [0.3, 0.4) is 0 Å². The third-order valence-corrected chi connectivity index (χ3v) is 5.68. The Labute approximate surface area is 162 Å². The summed E-state index contributed by atoms with van der Waals surface area (Å²) >= 11 is 1.80. The van der Waals surface area contributed by atoms with E-state index in [2.05, 4.69) is 55.5 Å². The molecule has 0 saturated heterocycles. The van der Waals surface area contributed by atoms with Gasteiger partial charge in [0.25, 0.3) is 0 Å². The largest absolute Gasteiger partial charge is 0.478 e. The molecule has 0 aliphatic carbocycles. The third kappa shape index (κ3) is 3.69. The van der Waals surface area contributed by atoms with Crippen molar-refractivity contribution in [3.05, 3.63) is 95.1 Å². The second-order valence-corrected chi connectivity index (χ2v) is 7.58. The molecule has 2 nitrogen and oxygen atoms in total. The molecule has 132 valence electrons. The van der Waals surface area contributed by atoms with Crippen molar-refractivity contribution < 1.29 is 9.90 Å². The van der Waals surface area contributed by atoms with Crippen LogP contribution in [0.15, 0.2) is 72.8 Å². The van der Waals surface area contributed by atoms with Crippen LogP contribution in [0.4, 0.5) is 0 Å². The number of hydrogen-bond donors (Lipinski definition) is 1. The van der Waals surface area contributed by atoms with Gasteiger partial charge in [0.1, 0.15) is 0 Å². The standard InChI is InChI=1S/C24H18O2S/c1-16-6-13-22-20(14-16)15-23(27-22)19-11-8-17(9-12-19)7-10-18-4-2-3-5-21(18)24(25)26/h2-15H,1H3,(H,25,26). The van der Waals surface area contributed by atoms with Gasteiger partial charge in [-0.1, -0.05) is 72.3 Å². The van der Waals surface area contributed by atoms with E-state index in [9.17, 15) is 9.90 Å². The normalized spacial score (nSPS) is 11.3. The highest BCUT2D eigenvalue weighted by Crippen LogP contribution is 2.34. The summed E-state index contributed by atoms with van der Waals surface area (Å²) in [5.41, 5.74) is 4.52. The zero-order valence-corrected chi connectivity index (χ0v) is 15.7. The zero-order valence-electron chi connectivity index (χ0n) is 14.8. The summed E-state index contributed by atoms with van der Waals surface area (Å²) in [4.78, 5) is 12.5. The molecule has 0 radical (unpaired) electrons. The molecular weight excluding hydrogens is 352 g/mol. The zero-order chi connectivity index (χ0) is 18.8. The summed E-state index contributed by atoms with van der Waals surface area (Å²) in [5.74, 6) is -0.911. The Morgan fingerprint density at radius 2 is 1.70 bits per heavy atom. The van der Waals surface area contributed by atoms with Crippen molar-refractivity contribution in [3.63, 3.8) is 0 Å². The van der Waals surface area contributed by atoms with Gasteiger partial charge in [0.15, 0.2) is 0 Å². The van der Waals surface area contributed by atoms with E-state index in [1.165, 1.54) is 26.1 Å². The van der Waals surface area contributed by atoms with Crippen LogP contribution < -0.4 is 0 Å². The molecular formula is C24H18O2S. The van der Waals surface area contributed by atoms with E-state index in [0.717, 1.165) is 5.56 Å². The number of benzene rings is 3. The minimum Gasteiger partial charge on any atom is -0.478 e. The molecule has 1 aromatic heterocycles. The number of carbonyl (C=O) groups is 1. The fourth-order valence-electron chi connectivity index (χ4n) is 3.09. The van der Waals surface area contributed by atoms with E-state index in [1.807, 2.05) is 24.3 Å². The van der Waals surface area contributed by atoms with Crippen molar-refractivity contribution in [2.24, 2.45) is 0 Å². The highest BCUT2D eigenvalue weighted by atomic mass is 32.1. The first-order valence-electron chi connectivity index (χ1n) is 8.71. The molecule has 1 heterocycles. The number of hydrogen-bond acceptors (Lipinski definition) is 2. The first kappa shape index (κ1) is 17.3. The first-order chi connectivity index (χ1) is 13.1. The van der Waals surface area contributed by atoms with E-state index in [0.29, 0.717) is 11.1 Å². The van der Waals surface area contributed by atoms with Crippen molar-refractivity contribution in [1.82, 2.24) is 0 Å². The van der Waals surface area contributed by atoms with Crippen LogP contribution in [0.5, 0.6) is 0 Å². The predicted octanol–water partition coefficient (Wildman–Crippen LogP) is 6.75. The third-order valence-electron chi connectivity index (χ3n) is 4.51. The topological polar surface area (TPSA) is 37.3 Å². The summed E-state index contributed by atoms with van der Waals surface area (Å²) < 4.78 is 1.30. The smallest absolute Gasteiger partial charge is 0.336 e. The molecule has 0 unspecified atom stereocenters. The van der Waals surface area contributed by atoms with Gasteiger partial charge in [0, 0.05) is 9.58 Å². The van der Waals surface area contributed by atoms with Crippen molar-refractivity contribution in [3.8, 4) is 10.4 Å². The fourth-order valence-corrected chi connectivity index (χ4v) is 4.14. The lowest BCUT2D eigenvalue weighted by molar-refractivity contribution is 0.0696. The van der Waals surface area contributed by atoms with E-state index < -0.39 is 5.97 Å². The van der Waals surface area contributed by atoms with Gasteiger partial charge in [-0.25, -0.2) is 4.79 Å². The van der Waals surface area contributed by atoms with E-state index >= 15 is 0 Å². The molecule has 0 bridgehead atoms. The summed E-state index contributed by atoms with van der Waals surface area (Å²) in [6, 6.07) is 24.1. The van der Waals surface area contributed by atoms with Crippen LogP contribution >= 0.6 is 11.3 Å². The average molecular weight is 370 g/mol. The quantitative estimate of drug-likeness (QED) is 0.404. The Morgan fingerprint density at radius 1 is 0.926 bits per heavy atom. The summed E-state index contributed by atoms with van der Waals surface area (Å²) in [5, 5.41) is 10.6. The average Bonchev–Trinajstić information content (AvgIpc) is 3.10. The molecule has 0 atom stereocenters. The predicted molar refractivity (Wildman–Crippen MR) is 114 cm³/mol. The number of carboxylic acids is 1. The molecule has 3 aromatic carbocycles. The number of rotatable bonds is 4. The van der Waals surface area contributed by atoms with Gasteiger partial charge >= 0.3 is 5.97 Å². The lowest BCUT2D eigenvalue weighted by Gasteiger charge is -2.01. The summed E-state index contributed by atoms with van der Waals surface area (Å²) in [7, 11) is 0. The van der Waals surface area contributed by atoms with Gasteiger partial charge < -0.3 is 5.11 Å². The highest BCUT2D eigenvalue weighted by Gasteiger charge is 2.06. The molecule has 0 aliphatic rings. The molecule has 0 saturated carbocycles. The Morgan fingerprint density at radius 3 is 2.48 bits per heavy atom. The van der Waals surface area contributed by atoms with Gasteiger partial charge in [0.2, 0.25) is 0 Å². The van der Waals surface area contributed by atoms with Gasteiger partial charge in [0.05, 0.1) is 5.56 Å². The summed E-state index contributed by atoms with van der Waals surface area (Å²) in [6.45, 7) is 2.11. The van der Waals surface area contributed by atoms with Gasteiger partial charge in [-0.15, -0.1) is 11.3 Å². The van der Waals surface area contributed by atoms with Crippen LogP contribution in [-0.4, -0.2) is 11.1 Å². The maximum absolute atomic E-state index is 11.3. The Bertz CT molecular complexity index is 1150. The number of aryl methyl sites for hydroxylation is 1. The Balaban J connectivity index is 1.59. The Hall–Kier alpha value is -3.17. The number of fused-ring (bicyclic) bond motifs is 1. The maximum Gasteiger partial charge on any atom is 0.336 e. The molecule has 3 heteroatoms. The molecule has 0 amide bonds. The second kappa shape index (κ2) is 7.22. The van der Waals surface area contributed by atoms with Crippen molar-refractivity contribution in [2.75, 3.05) is 0 Å². The summed E-state index contributed by atoms with van der Waals surface area (Å²) in [6.07, 6.45) is 3.79. The molecule has 27 heavy (non-hydrogen) atoms. The van der Waals surface area contributed by atoms with Gasteiger partial charge in [-0.3, -0.25) is 0 Å². The maximum atomic E-state index is 11.3. The number of carboxylic acid groups (broad SMARTS) is 1. The highest BCUT2D eigenvalue weighted by molar-refractivity contribution is 7.22. The molecule has 0 spiro atoms. The van der Waals surface area contributed by atoms with Gasteiger partial charge in [-0.2, -0.15) is 0 Å². The van der Waals surface area contributed by atoms with E-state index in [4.69, 9.17) is 0 Å². The fraction of sp³-hybridized carbons (Fsp3) is 0.0417. The molecule has 1 N–H and O–H groups in total. The Kier molecular flexibility index (Phi) is 4.61. The molecule has 4 aromatic rings. The van der Waals surface area contributed by atoms with Crippen LogP contribution in [0, 0.1) is 6.92 Å². The van der Waals surface area contributed by atoms with Gasteiger partial charge in [-0.05, 0) is 47.2 Å². The second-order valence-electron chi connectivity index (χ2n) is 6.50. The van der Waals surface area contributed by atoms with Crippen LogP contribution in [0.25, 0.3) is 32.7 Å². The SMILES string of the molecule is Cc1ccc2sc(-c3ccc(C=Cc4ccccc4C(=O)O)cc3)cc2c1. The lowest BCUT2D eigenvalue weighted by atomic mass is 10.0. The van der Waals surface area contributed by atoms with Crippen LogP contribution in [-0.2, 0) is 0 Å². The first-order valence-corrected chi connectivity index (χ1v) is 9.53. The van der Waals surface area contributed by atoms with Crippen molar-refractivity contribution in [2.45, 2.75) is 6.92 Å². The van der Waals surface area contributed by atoms with E-state index in [1.54, 1.807) is 23.5 Å². The molecule has 0 fully saturated rings. The van der Waals surface area contributed by atoms with Crippen LogP contribution in [0.1, 0.15) is 27.0 Å². The molecule has 0 aliphatic heterocycles. The van der Waals surface area contributed by atoms with E-state index in [-0.39, 0.29) is 0 Å². The molecule has 4 rings (SSSR count). The monoisotopic (exact) mass is 370 g/mol. The lowest BCUT2D eigenvalue weighted by Crippen LogP contribution is -1.98. The van der Waals surface area contributed by atoms with Crippen LogP contribution in [0.2, 0.25) is 0 Å². The minimum absolute atomic E-state index is 0.311. The van der Waals surface area contributed by atoms with Crippen molar-refractivity contribution >= 4 is 39.5 Å². The number of thiophene rings is 1. The minimum atomic E-state index is -0.911. The van der Waals surface area contributed by atoms with Crippen molar-refractivity contribution in [1.29, 1.82) is 0 Å². The number of aromatic carboxylic acids is 1.